The summed E-state index contributed by atoms with van der Waals surface area (Å²) in [6.07, 6.45) is -0.713. The van der Waals surface area contributed by atoms with Crippen molar-refractivity contribution in [2.45, 2.75) is 115 Å². The Kier molecular flexibility index (Phi) is 8.16. The minimum Gasteiger partial charge on any atom is -0.456 e. The number of nitrogens with one attached hydrogen (secondary N) is 1. The van der Waals surface area contributed by atoms with E-state index in [9.17, 15) is 19.1 Å². The van der Waals surface area contributed by atoms with Crippen LogP contribution in [0.4, 0.5) is 4.39 Å². The highest BCUT2D eigenvalue weighted by atomic mass is 19.1. The lowest BCUT2D eigenvalue weighted by molar-refractivity contribution is -0.337. The number of rotatable bonds is 8. The molecule has 1 aromatic heterocycles. The van der Waals surface area contributed by atoms with Crippen molar-refractivity contribution in [1.29, 1.82) is 1.43 Å². The van der Waals surface area contributed by atoms with Gasteiger partial charge < -0.3 is 39.2 Å². The number of likely N-dealkylation sites (N-methyl/N-ethyl adjacent to an activating group) is 1. The Labute approximate surface area is 276 Å². The van der Waals surface area contributed by atoms with E-state index in [1.54, 1.807) is 13.1 Å². The molecular formula is C35H47FN2O9. The van der Waals surface area contributed by atoms with Crippen molar-refractivity contribution in [2.75, 3.05) is 13.7 Å². The average Bonchev–Trinajstić information content (AvgIpc) is 3.45. The van der Waals surface area contributed by atoms with Gasteiger partial charge in [0.15, 0.2) is 18.0 Å². The molecule has 0 aromatic carbocycles. The second kappa shape index (κ2) is 11.7. The van der Waals surface area contributed by atoms with Crippen LogP contribution in [0.25, 0.3) is 0 Å². The number of esters is 2. The fourth-order valence-corrected chi connectivity index (χ4v) is 9.87. The van der Waals surface area contributed by atoms with Gasteiger partial charge in [-0.3, -0.25) is 9.78 Å². The molecule has 5 aliphatic rings. The van der Waals surface area contributed by atoms with Gasteiger partial charge in [0.1, 0.15) is 24.1 Å². The first-order valence-corrected chi connectivity index (χ1v) is 16.4. The van der Waals surface area contributed by atoms with Crippen LogP contribution in [0.5, 0.6) is 0 Å². The van der Waals surface area contributed by atoms with Gasteiger partial charge in [-0.15, -0.1) is 0 Å². The standard InChI is InChI=1S/C35H47FN2O9/c1-9-24-45-28-25-17(2)22(44-31(41)27(40)26(37-8)21-11-10-20(36)15-38-21)14-35(42,32(25,5)6)18(3)29-33(7,30(28)46-24)13-12-23-34(29,16-43-23)47-19(4)39/h9-11,15,18,22-24,26-30,37,40,42H,1,12-14,16H2,2-8H3/t18-,22-,23+,24+,26-,27-,28+,29-,30+,33+,34-,35+/m0/s1/i40T. The molecule has 12 atom stereocenters. The van der Waals surface area contributed by atoms with Crippen LogP contribution in [-0.2, 0) is 33.3 Å². The molecular weight excluding hydrogens is 611 g/mol. The van der Waals surface area contributed by atoms with E-state index in [2.05, 4.69) is 23.8 Å². The molecule has 0 unspecified atom stereocenters. The highest BCUT2D eigenvalue weighted by Crippen LogP contribution is 2.67. The molecule has 3 aliphatic carbocycles. The molecule has 4 fully saturated rings. The van der Waals surface area contributed by atoms with Crippen LogP contribution in [0.3, 0.4) is 0 Å². The van der Waals surface area contributed by atoms with Crippen molar-refractivity contribution in [3.63, 3.8) is 0 Å². The Balaban J connectivity index is 1.46. The predicted octanol–water partition coefficient (Wildman–Crippen LogP) is 3.29. The molecule has 0 amide bonds. The second-order valence-electron chi connectivity index (χ2n) is 14.7. The SMILES string of the molecule is [3H]O[C@H](C(=O)O[C@H]1C[C@@]2(O)[C@@H](C)[C@H]3[C@@](C)(CC[C@H]4OC[C@]43OC(C)=O)[C@@H]3O[C@H](C=C)O[C@@H]3C(=C1C)C2(C)C)[C@@H](NC)c1ccc(F)cn1. The summed E-state index contributed by atoms with van der Waals surface area (Å²) in [5.74, 6) is -2.78. The molecule has 0 radical (unpaired) electrons. The van der Waals surface area contributed by atoms with E-state index in [0.29, 0.717) is 18.4 Å². The maximum Gasteiger partial charge on any atom is 0.337 e. The van der Waals surface area contributed by atoms with E-state index >= 15 is 0 Å². The molecule has 3 heterocycles. The van der Waals surface area contributed by atoms with Crippen molar-refractivity contribution in [1.82, 2.24) is 10.3 Å². The number of hydrogen-bond acceptors (Lipinski definition) is 11. The number of fused-ring (bicyclic) bond motifs is 8. The van der Waals surface area contributed by atoms with E-state index in [1.165, 1.54) is 19.1 Å². The Morgan fingerprint density at radius 2 is 2.04 bits per heavy atom. The van der Waals surface area contributed by atoms with Gasteiger partial charge in [-0.2, -0.15) is 0 Å². The first-order valence-electron chi connectivity index (χ1n) is 16.8. The summed E-state index contributed by atoms with van der Waals surface area (Å²) in [6.45, 7) is 15.4. The number of carbonyl (C=O) groups is 2. The van der Waals surface area contributed by atoms with Gasteiger partial charge >= 0.3 is 11.9 Å². The molecule has 11 nitrogen and oxygen atoms in total. The van der Waals surface area contributed by atoms with Gasteiger partial charge in [-0.1, -0.05) is 34.3 Å². The molecule has 258 valence electrons. The van der Waals surface area contributed by atoms with Crippen molar-refractivity contribution in [3.8, 4) is 0 Å². The van der Waals surface area contributed by atoms with Crippen LogP contribution >= 0.6 is 0 Å². The van der Waals surface area contributed by atoms with Crippen LogP contribution in [0.15, 0.2) is 42.1 Å². The van der Waals surface area contributed by atoms with Gasteiger partial charge in [0.2, 0.25) is 1.43 Å². The largest absolute Gasteiger partial charge is 0.456 e. The third kappa shape index (κ3) is 4.93. The monoisotopic (exact) mass is 660 g/mol. The molecule has 0 spiro atoms. The van der Waals surface area contributed by atoms with Crippen molar-refractivity contribution >= 4 is 11.9 Å². The maximum atomic E-state index is 13.9. The molecule has 1 aromatic rings. The van der Waals surface area contributed by atoms with Gasteiger partial charge in [0.05, 0.1) is 36.2 Å². The van der Waals surface area contributed by atoms with Crippen LogP contribution < -0.4 is 5.32 Å². The second-order valence-corrected chi connectivity index (χ2v) is 14.7. The average molecular weight is 661 g/mol. The Morgan fingerprint density at radius 1 is 1.30 bits per heavy atom. The molecule has 6 rings (SSSR count). The van der Waals surface area contributed by atoms with Crippen LogP contribution in [-0.4, -0.2) is 90.2 Å². The first-order chi connectivity index (χ1) is 22.6. The van der Waals surface area contributed by atoms with Crippen LogP contribution in [0.1, 0.15) is 72.5 Å². The normalized spacial score (nSPS) is 41.8. The van der Waals surface area contributed by atoms with Crippen molar-refractivity contribution in [2.24, 2.45) is 22.7 Å². The minimum atomic E-state index is -1.51. The quantitative estimate of drug-likeness (QED) is 0.279. The third-order valence-corrected chi connectivity index (χ3v) is 12.1. The highest BCUT2D eigenvalue weighted by molar-refractivity contribution is 5.76. The van der Waals surface area contributed by atoms with Gasteiger partial charge in [0, 0.05) is 30.1 Å². The van der Waals surface area contributed by atoms with E-state index in [1.807, 2.05) is 27.7 Å². The lowest BCUT2D eigenvalue weighted by atomic mass is 9.43. The summed E-state index contributed by atoms with van der Waals surface area (Å²) in [7, 11) is 1.57. The molecule has 2 bridgehead atoms. The number of carbonyl (C=O) groups excluding carboxylic acids is 2. The number of nitrogens with zero attached hydrogens (tertiary/aromatic N) is 1. The number of pyridine rings is 1. The lowest BCUT2D eigenvalue weighted by Crippen LogP contribution is -2.77. The summed E-state index contributed by atoms with van der Waals surface area (Å²) >= 11 is 0. The summed E-state index contributed by atoms with van der Waals surface area (Å²) < 4.78 is 53.0. The lowest BCUT2D eigenvalue weighted by Gasteiger charge is -2.68. The summed E-state index contributed by atoms with van der Waals surface area (Å²) in [5, 5.41) is 21.0. The molecule has 12 heteroatoms. The molecule has 2 saturated carbocycles. The topological polar surface area (TPSA) is 146 Å². The molecule has 3 N–H and O–H groups in total. The number of aromatic nitrogens is 1. The highest BCUT2D eigenvalue weighted by Gasteiger charge is 2.75. The smallest absolute Gasteiger partial charge is 0.337 e. The zero-order valence-electron chi connectivity index (χ0n) is 29.1. The molecule has 47 heavy (non-hydrogen) atoms. The Bertz CT molecular complexity index is 1490. The Morgan fingerprint density at radius 3 is 2.62 bits per heavy atom. The van der Waals surface area contributed by atoms with Gasteiger partial charge in [-0.25, -0.2) is 9.18 Å². The fourth-order valence-electron chi connectivity index (χ4n) is 9.87. The number of halogens is 1. The summed E-state index contributed by atoms with van der Waals surface area (Å²) in [4.78, 5) is 30.6. The maximum absolute atomic E-state index is 13.9. The molecule has 2 aliphatic heterocycles. The van der Waals surface area contributed by atoms with Gasteiger partial charge in [-0.05, 0) is 62.1 Å². The first kappa shape index (κ1) is 32.8. The fraction of sp³-hybridized carbons (Fsp3) is 0.686. The van der Waals surface area contributed by atoms with E-state index in [0.717, 1.165) is 11.8 Å². The van der Waals surface area contributed by atoms with Crippen molar-refractivity contribution < 1.29 is 47.9 Å². The van der Waals surface area contributed by atoms with Crippen LogP contribution in [0, 0.1) is 28.5 Å². The Hall–Kier alpha value is -2.74. The number of aliphatic hydroxyl groups excluding tert-OH is 1. The van der Waals surface area contributed by atoms with E-state index < -0.39 is 88.4 Å². The number of hydrogen-bond donors (Lipinski definition) is 3. The van der Waals surface area contributed by atoms with E-state index in [4.69, 9.17) is 30.2 Å². The van der Waals surface area contributed by atoms with Gasteiger partial charge in [0.25, 0.3) is 0 Å². The van der Waals surface area contributed by atoms with Crippen molar-refractivity contribution in [3.05, 3.63) is 53.6 Å². The summed E-state index contributed by atoms with van der Waals surface area (Å²) in [6, 6.07) is 1.68. The zero-order chi connectivity index (χ0) is 35.0. The third-order valence-electron chi connectivity index (χ3n) is 12.1. The zero-order valence-corrected chi connectivity index (χ0v) is 28.1. The number of ether oxygens (including phenoxy) is 5. The number of aliphatic hydroxyl groups is 2. The minimum absolute atomic E-state index is 0.0172. The predicted molar refractivity (Wildman–Crippen MR) is 166 cm³/mol. The van der Waals surface area contributed by atoms with Crippen LogP contribution in [0.2, 0.25) is 0 Å². The van der Waals surface area contributed by atoms with E-state index in [-0.39, 0.29) is 24.8 Å². The summed E-state index contributed by atoms with van der Waals surface area (Å²) in [5.41, 5.74) is -2.31. The molecule has 2 saturated heterocycles.